The van der Waals surface area contributed by atoms with E-state index in [2.05, 4.69) is 217 Å². The summed E-state index contributed by atoms with van der Waals surface area (Å²) in [5, 5.41) is 4.72. The molecule has 0 spiro atoms. The Kier molecular flexibility index (Phi) is 7.85. The Morgan fingerprint density at radius 1 is 0.315 bits per heavy atom. The van der Waals surface area contributed by atoms with E-state index in [1.54, 1.807) is 0 Å². The summed E-state index contributed by atoms with van der Waals surface area (Å²) in [7, 11) is 0. The first-order valence-corrected chi connectivity index (χ1v) is 18.4. The van der Waals surface area contributed by atoms with Crippen molar-refractivity contribution in [2.45, 2.75) is 0 Å². The molecule has 0 amide bonds. The average Bonchev–Trinajstić information content (AvgIpc) is 3.64. The summed E-state index contributed by atoms with van der Waals surface area (Å²) >= 11 is 0. The van der Waals surface area contributed by atoms with Gasteiger partial charge in [-0.3, -0.25) is 0 Å². The van der Waals surface area contributed by atoms with Gasteiger partial charge in [-0.2, -0.15) is 0 Å². The van der Waals surface area contributed by atoms with E-state index in [0.29, 0.717) is 0 Å². The molecule has 54 heavy (non-hydrogen) atoms. The Morgan fingerprint density at radius 2 is 0.796 bits per heavy atom. The maximum Gasteiger partial charge on any atom is 0.136 e. The Bertz CT molecular complexity index is 2890. The van der Waals surface area contributed by atoms with Crippen LogP contribution in [0, 0.1) is 0 Å². The highest BCUT2D eigenvalue weighted by molar-refractivity contribution is 6.19. The van der Waals surface area contributed by atoms with Crippen molar-refractivity contribution in [1.29, 1.82) is 0 Å². The Morgan fingerprint density at radius 3 is 1.41 bits per heavy atom. The predicted octanol–water partition coefficient (Wildman–Crippen LogP) is 14.9. The van der Waals surface area contributed by atoms with Crippen LogP contribution in [-0.2, 0) is 0 Å². The fraction of sp³-hybridized carbons (Fsp3) is 0. The minimum absolute atomic E-state index is 0.884. The SMILES string of the molecule is c1ccc(-c2ccc(-c3ccc(N(c4ccc(-c5ccccc5)cc4)c4ccccc4-c4ccc5c(c4)oc4ccc6ccccc6c45)cc3)cc2)cc1. The minimum Gasteiger partial charge on any atom is -0.456 e. The summed E-state index contributed by atoms with van der Waals surface area (Å²) in [6.07, 6.45) is 0. The lowest BCUT2D eigenvalue weighted by atomic mass is 9.98. The van der Waals surface area contributed by atoms with Crippen LogP contribution in [-0.4, -0.2) is 0 Å². The van der Waals surface area contributed by atoms with Crippen molar-refractivity contribution in [2.75, 3.05) is 4.90 Å². The summed E-state index contributed by atoms with van der Waals surface area (Å²) in [5.41, 5.74) is 14.4. The molecule has 9 aromatic carbocycles. The lowest BCUT2D eigenvalue weighted by molar-refractivity contribution is 0.669. The van der Waals surface area contributed by atoms with Gasteiger partial charge in [-0.1, -0.05) is 164 Å². The van der Waals surface area contributed by atoms with Gasteiger partial charge in [0, 0.05) is 27.7 Å². The second-order valence-corrected chi connectivity index (χ2v) is 13.7. The smallest absolute Gasteiger partial charge is 0.136 e. The first-order valence-electron chi connectivity index (χ1n) is 18.4. The van der Waals surface area contributed by atoms with E-state index in [1.807, 2.05) is 0 Å². The largest absolute Gasteiger partial charge is 0.456 e. The van der Waals surface area contributed by atoms with Gasteiger partial charge in [0.15, 0.2) is 0 Å². The second-order valence-electron chi connectivity index (χ2n) is 13.7. The van der Waals surface area contributed by atoms with Gasteiger partial charge in [-0.25, -0.2) is 0 Å². The van der Waals surface area contributed by atoms with Crippen LogP contribution in [0.1, 0.15) is 0 Å². The van der Waals surface area contributed by atoms with Gasteiger partial charge in [0.05, 0.1) is 5.69 Å². The van der Waals surface area contributed by atoms with Gasteiger partial charge in [-0.15, -0.1) is 0 Å². The topological polar surface area (TPSA) is 16.4 Å². The number of rotatable bonds is 7. The van der Waals surface area contributed by atoms with E-state index in [-0.39, 0.29) is 0 Å². The first-order chi connectivity index (χ1) is 26.8. The maximum atomic E-state index is 6.52. The fourth-order valence-electron chi connectivity index (χ4n) is 7.78. The molecule has 0 saturated carbocycles. The molecule has 1 aromatic heterocycles. The molecular formula is C52H35NO. The lowest BCUT2D eigenvalue weighted by Gasteiger charge is -2.28. The van der Waals surface area contributed by atoms with Crippen molar-refractivity contribution in [1.82, 2.24) is 0 Å². The molecule has 0 aliphatic carbocycles. The van der Waals surface area contributed by atoms with Gasteiger partial charge < -0.3 is 9.32 Å². The number of furan rings is 1. The maximum absolute atomic E-state index is 6.52. The van der Waals surface area contributed by atoms with E-state index >= 15 is 0 Å². The molecule has 10 rings (SSSR count). The van der Waals surface area contributed by atoms with Crippen molar-refractivity contribution in [2.24, 2.45) is 0 Å². The Balaban J connectivity index is 1.07. The third kappa shape index (κ3) is 5.71. The standard InChI is InChI=1S/C52H35NO/c1-3-11-36(12-4-1)38-19-21-39(22-20-38)41-25-31-45(32-26-41)53(44-29-23-40(24-30-44)37-13-5-2-6-14-37)49-18-10-9-16-46(49)43-27-33-48-51(35-43)54-50-34-28-42-15-7-8-17-47(42)52(48)50/h1-35H. The molecule has 0 aliphatic heterocycles. The molecular weight excluding hydrogens is 655 g/mol. The number of fused-ring (bicyclic) bond motifs is 5. The summed E-state index contributed by atoms with van der Waals surface area (Å²) in [5.74, 6) is 0. The van der Waals surface area contributed by atoms with Crippen LogP contribution in [0.3, 0.4) is 0 Å². The summed E-state index contributed by atoms with van der Waals surface area (Å²) < 4.78 is 6.52. The summed E-state index contributed by atoms with van der Waals surface area (Å²) in [6, 6.07) is 75.8. The third-order valence-electron chi connectivity index (χ3n) is 10.5. The monoisotopic (exact) mass is 689 g/mol. The van der Waals surface area contributed by atoms with Crippen LogP contribution >= 0.6 is 0 Å². The van der Waals surface area contributed by atoms with Gasteiger partial charge in [0.1, 0.15) is 11.2 Å². The van der Waals surface area contributed by atoms with E-state index in [9.17, 15) is 0 Å². The van der Waals surface area contributed by atoms with Crippen LogP contribution in [0.4, 0.5) is 17.1 Å². The highest BCUT2D eigenvalue weighted by Gasteiger charge is 2.19. The highest BCUT2D eigenvalue weighted by Crippen LogP contribution is 2.43. The summed E-state index contributed by atoms with van der Waals surface area (Å²) in [6.45, 7) is 0. The minimum atomic E-state index is 0.884. The normalized spacial score (nSPS) is 11.3. The molecule has 0 fully saturated rings. The zero-order chi connectivity index (χ0) is 35.8. The fourth-order valence-corrected chi connectivity index (χ4v) is 7.78. The quantitative estimate of drug-likeness (QED) is 0.166. The number of benzene rings is 9. The van der Waals surface area contributed by atoms with Crippen molar-refractivity contribution in [3.05, 3.63) is 212 Å². The number of para-hydroxylation sites is 1. The molecule has 0 bridgehead atoms. The van der Waals surface area contributed by atoms with Crippen molar-refractivity contribution in [3.63, 3.8) is 0 Å². The van der Waals surface area contributed by atoms with Gasteiger partial charge in [0.2, 0.25) is 0 Å². The molecule has 0 saturated heterocycles. The van der Waals surface area contributed by atoms with Gasteiger partial charge >= 0.3 is 0 Å². The molecule has 0 radical (unpaired) electrons. The van der Waals surface area contributed by atoms with Crippen molar-refractivity contribution < 1.29 is 4.42 Å². The number of nitrogens with zero attached hydrogens (tertiary/aromatic N) is 1. The molecule has 2 heteroatoms. The number of hydrogen-bond donors (Lipinski definition) is 0. The number of anilines is 3. The van der Waals surface area contributed by atoms with Crippen LogP contribution < -0.4 is 4.90 Å². The van der Waals surface area contributed by atoms with Crippen LogP contribution in [0.15, 0.2) is 217 Å². The predicted molar refractivity (Wildman–Crippen MR) is 228 cm³/mol. The molecule has 0 unspecified atom stereocenters. The first kappa shape index (κ1) is 31.6. The zero-order valence-electron chi connectivity index (χ0n) is 29.6. The molecule has 0 N–H and O–H groups in total. The van der Waals surface area contributed by atoms with Crippen molar-refractivity contribution in [3.8, 4) is 44.5 Å². The van der Waals surface area contributed by atoms with E-state index in [4.69, 9.17) is 4.42 Å². The lowest BCUT2D eigenvalue weighted by Crippen LogP contribution is -2.11. The zero-order valence-corrected chi connectivity index (χ0v) is 29.6. The summed E-state index contributed by atoms with van der Waals surface area (Å²) in [4.78, 5) is 2.36. The highest BCUT2D eigenvalue weighted by atomic mass is 16.3. The van der Waals surface area contributed by atoms with Crippen LogP contribution in [0.2, 0.25) is 0 Å². The van der Waals surface area contributed by atoms with E-state index in [0.717, 1.165) is 50.1 Å². The number of hydrogen-bond acceptors (Lipinski definition) is 2. The average molecular weight is 690 g/mol. The van der Waals surface area contributed by atoms with Crippen molar-refractivity contribution >= 4 is 49.8 Å². The third-order valence-corrected chi connectivity index (χ3v) is 10.5. The molecule has 0 aliphatic rings. The van der Waals surface area contributed by atoms with Gasteiger partial charge in [-0.05, 0) is 98.2 Å². The molecule has 0 atom stereocenters. The van der Waals surface area contributed by atoms with E-state index < -0.39 is 0 Å². The van der Waals surface area contributed by atoms with E-state index in [1.165, 1.54) is 44.2 Å². The van der Waals surface area contributed by atoms with Crippen LogP contribution in [0.25, 0.3) is 77.2 Å². The molecule has 254 valence electrons. The van der Waals surface area contributed by atoms with Gasteiger partial charge in [0.25, 0.3) is 0 Å². The molecule has 2 nitrogen and oxygen atoms in total. The second kappa shape index (κ2) is 13.4. The molecule has 1 heterocycles. The molecule has 10 aromatic rings. The van der Waals surface area contributed by atoms with Crippen LogP contribution in [0.5, 0.6) is 0 Å². The Labute approximate surface area is 314 Å². The Hall–Kier alpha value is -7.16.